The highest BCUT2D eigenvalue weighted by Gasteiger charge is 2.57. The van der Waals surface area contributed by atoms with Gasteiger partial charge in [0, 0.05) is 5.69 Å². The number of carbonyl (C=O) groups excluding carboxylic acids is 2. The lowest BCUT2D eigenvalue weighted by Gasteiger charge is -2.50. The van der Waals surface area contributed by atoms with E-state index in [1.165, 1.54) is 5.56 Å². The molecule has 0 unspecified atom stereocenters. The molecule has 2 aromatic rings. The number of likely N-dealkylation sites (tertiary alicyclic amines) is 1. The maximum absolute atomic E-state index is 13.0. The number of carbonyl (C=O) groups is 2. The van der Waals surface area contributed by atoms with Crippen LogP contribution in [0.4, 0.5) is 5.69 Å². The Morgan fingerprint density at radius 3 is 2.67 bits per heavy atom. The number of aliphatic hydroxyl groups excluding tert-OH is 1. The molecule has 0 radical (unpaired) electrons. The number of aryl methyl sites for hydroxylation is 1. The van der Waals surface area contributed by atoms with Gasteiger partial charge in [0.05, 0.1) is 18.6 Å². The van der Waals surface area contributed by atoms with Crippen LogP contribution in [0.15, 0.2) is 42.5 Å². The SMILES string of the molecule is C[C@]12CC[C@@H]3c4ccc(OS(N)(=O)=O)cc4CC[C@H]3[C@@H]1C[C@H](CCCN1CCC[C@H]1C(=O)NC(=O)Cc1ccc(N)cc1)[C@@H]2O. The summed E-state index contributed by atoms with van der Waals surface area (Å²) in [4.78, 5) is 27.8. The Morgan fingerprint density at radius 1 is 1.13 bits per heavy atom. The van der Waals surface area contributed by atoms with Crippen molar-refractivity contribution in [1.82, 2.24) is 10.2 Å². The number of fused-ring (bicyclic) bond motifs is 5. The van der Waals surface area contributed by atoms with E-state index in [1.807, 2.05) is 12.1 Å². The Bertz CT molecular complexity index is 1530. The van der Waals surface area contributed by atoms with Crippen molar-refractivity contribution in [3.63, 3.8) is 0 Å². The second kappa shape index (κ2) is 12.7. The van der Waals surface area contributed by atoms with E-state index in [4.69, 9.17) is 15.1 Å². The highest BCUT2D eigenvalue weighted by Crippen LogP contribution is 2.62. The monoisotopic (exact) mass is 638 g/mol. The minimum atomic E-state index is -4.06. The van der Waals surface area contributed by atoms with Crippen molar-refractivity contribution in [3.05, 3.63) is 59.2 Å². The molecule has 2 amide bonds. The zero-order valence-corrected chi connectivity index (χ0v) is 26.8. The number of benzene rings is 2. The van der Waals surface area contributed by atoms with Crippen LogP contribution >= 0.6 is 0 Å². The summed E-state index contributed by atoms with van der Waals surface area (Å²) in [6, 6.07) is 12.3. The first-order chi connectivity index (χ1) is 21.4. The number of imide groups is 1. The minimum absolute atomic E-state index is 0.110. The van der Waals surface area contributed by atoms with Crippen LogP contribution in [-0.4, -0.2) is 55.5 Å². The Labute approximate surface area is 266 Å². The van der Waals surface area contributed by atoms with Crippen molar-refractivity contribution < 1.29 is 27.3 Å². The average molecular weight is 639 g/mol. The zero-order valence-electron chi connectivity index (χ0n) is 26.0. The molecular formula is C34H46N4O6S. The van der Waals surface area contributed by atoms with Crippen molar-refractivity contribution in [2.45, 2.75) is 89.2 Å². The van der Waals surface area contributed by atoms with Gasteiger partial charge in [-0.25, -0.2) is 0 Å². The van der Waals surface area contributed by atoms with Gasteiger partial charge in [0.25, 0.3) is 0 Å². The van der Waals surface area contributed by atoms with Gasteiger partial charge in [-0.1, -0.05) is 25.1 Å². The lowest BCUT2D eigenvalue weighted by atomic mass is 9.55. The van der Waals surface area contributed by atoms with Gasteiger partial charge in [-0.2, -0.15) is 13.6 Å². The van der Waals surface area contributed by atoms with E-state index in [2.05, 4.69) is 17.1 Å². The fourth-order valence-corrected chi connectivity index (χ4v) is 9.58. The number of rotatable bonds is 9. The first-order valence-corrected chi connectivity index (χ1v) is 17.8. The molecule has 0 bridgehead atoms. The first kappa shape index (κ1) is 32.0. The molecular weight excluding hydrogens is 592 g/mol. The zero-order chi connectivity index (χ0) is 31.9. The molecule has 0 aromatic heterocycles. The summed E-state index contributed by atoms with van der Waals surface area (Å²) in [5, 5.41) is 19.3. The van der Waals surface area contributed by atoms with Gasteiger partial charge in [-0.15, -0.1) is 0 Å². The quantitative estimate of drug-likeness (QED) is 0.304. The third kappa shape index (κ3) is 6.77. The van der Waals surface area contributed by atoms with Crippen LogP contribution in [-0.2, 0) is 32.7 Å². The number of nitrogens with one attached hydrogen (secondary N) is 1. The van der Waals surface area contributed by atoms with Gasteiger partial charge in [0.15, 0.2) is 0 Å². The first-order valence-electron chi connectivity index (χ1n) is 16.4. The fraction of sp³-hybridized carbons (Fsp3) is 0.588. The van der Waals surface area contributed by atoms with Crippen LogP contribution in [0, 0.1) is 23.2 Å². The van der Waals surface area contributed by atoms with E-state index in [1.54, 1.807) is 30.3 Å². The molecule has 7 atom stereocenters. The van der Waals surface area contributed by atoms with Crippen molar-refractivity contribution in [1.29, 1.82) is 0 Å². The van der Waals surface area contributed by atoms with Gasteiger partial charge in [-0.05, 0) is 141 Å². The van der Waals surface area contributed by atoms with E-state index >= 15 is 0 Å². The standard InChI is InChI=1S/C34H46N4O6S/c1-34-15-14-27-26-13-11-25(44-45(36,42)43)19-22(26)8-12-28(27)29(34)20-23(32(34)40)4-2-16-38-17-3-5-30(38)33(41)37-31(39)18-21-6-9-24(35)10-7-21/h6-7,9-11,13,19,23,27-30,32,40H,2-5,8,12,14-18,20,35H2,1H3,(H2,36,42,43)(H,37,39,41)/t23-,27+,28+,29-,30-,32-,34-/m0/s1. The molecule has 2 aromatic carbocycles. The van der Waals surface area contributed by atoms with Crippen LogP contribution < -0.4 is 20.4 Å². The molecule has 0 spiro atoms. The molecule has 45 heavy (non-hydrogen) atoms. The second-order valence-electron chi connectivity index (χ2n) is 14.0. The Morgan fingerprint density at radius 2 is 1.91 bits per heavy atom. The Balaban J connectivity index is 1.03. The number of hydrogen-bond acceptors (Lipinski definition) is 8. The van der Waals surface area contributed by atoms with Crippen LogP contribution in [0.3, 0.4) is 0 Å². The molecule has 1 saturated heterocycles. The predicted molar refractivity (Wildman–Crippen MR) is 171 cm³/mol. The molecule has 2 saturated carbocycles. The summed E-state index contributed by atoms with van der Waals surface area (Å²) in [5.41, 5.74) is 9.47. The van der Waals surface area contributed by atoms with E-state index in [9.17, 15) is 23.1 Å². The van der Waals surface area contributed by atoms with E-state index < -0.39 is 10.3 Å². The molecule has 3 fully saturated rings. The van der Waals surface area contributed by atoms with Gasteiger partial charge >= 0.3 is 10.3 Å². The highest BCUT2D eigenvalue weighted by molar-refractivity contribution is 7.84. The second-order valence-corrected chi connectivity index (χ2v) is 15.2. The van der Waals surface area contributed by atoms with Crippen LogP contribution in [0.5, 0.6) is 5.75 Å². The lowest BCUT2D eigenvalue weighted by molar-refractivity contribution is -0.132. The highest BCUT2D eigenvalue weighted by atomic mass is 32.2. The number of nitrogens with two attached hydrogens (primary N) is 2. The molecule has 4 aliphatic rings. The molecule has 3 aliphatic carbocycles. The molecule has 1 aliphatic heterocycles. The van der Waals surface area contributed by atoms with Crippen LogP contribution in [0.25, 0.3) is 0 Å². The molecule has 6 rings (SSSR count). The molecule has 11 heteroatoms. The molecule has 1 heterocycles. The van der Waals surface area contributed by atoms with E-state index in [0.717, 1.165) is 82.0 Å². The van der Waals surface area contributed by atoms with E-state index in [-0.39, 0.29) is 47.5 Å². The topological polar surface area (TPSA) is 165 Å². The maximum Gasteiger partial charge on any atom is 0.380 e. The summed E-state index contributed by atoms with van der Waals surface area (Å²) in [5.74, 6) is 1.27. The summed E-state index contributed by atoms with van der Waals surface area (Å²) >= 11 is 0. The number of nitrogens with zero attached hydrogens (tertiary/aromatic N) is 1. The third-order valence-corrected chi connectivity index (χ3v) is 11.7. The van der Waals surface area contributed by atoms with Crippen LogP contribution in [0.1, 0.15) is 80.9 Å². The normalized spacial score (nSPS) is 31.1. The Hall–Kier alpha value is -2.99. The van der Waals surface area contributed by atoms with Crippen LogP contribution in [0.2, 0.25) is 0 Å². The summed E-state index contributed by atoms with van der Waals surface area (Å²) in [6.07, 6.45) is 8.11. The average Bonchev–Trinajstić information content (AvgIpc) is 3.55. The minimum Gasteiger partial charge on any atom is -0.399 e. The Kier molecular flexibility index (Phi) is 8.99. The largest absolute Gasteiger partial charge is 0.399 e. The van der Waals surface area contributed by atoms with Gasteiger partial charge in [-0.3, -0.25) is 19.8 Å². The maximum atomic E-state index is 13.0. The number of anilines is 1. The predicted octanol–water partition coefficient (Wildman–Crippen LogP) is 3.42. The number of nitrogen functional groups attached to an aromatic ring is 1. The lowest BCUT2D eigenvalue weighted by Crippen LogP contribution is -2.46. The van der Waals surface area contributed by atoms with Gasteiger partial charge in [0.2, 0.25) is 11.8 Å². The van der Waals surface area contributed by atoms with Crippen molar-refractivity contribution in [2.75, 3.05) is 18.8 Å². The van der Waals surface area contributed by atoms with Crippen molar-refractivity contribution >= 4 is 27.8 Å². The van der Waals surface area contributed by atoms with Crippen molar-refractivity contribution in [3.8, 4) is 5.75 Å². The summed E-state index contributed by atoms with van der Waals surface area (Å²) in [7, 11) is -4.06. The third-order valence-electron chi connectivity index (χ3n) is 11.3. The molecule has 10 nitrogen and oxygen atoms in total. The number of amides is 2. The smallest absolute Gasteiger partial charge is 0.380 e. The molecule has 6 N–H and O–H groups in total. The summed E-state index contributed by atoms with van der Waals surface area (Å²) < 4.78 is 27.8. The van der Waals surface area contributed by atoms with Crippen molar-refractivity contribution in [2.24, 2.45) is 28.3 Å². The number of hydrogen-bond donors (Lipinski definition) is 4. The summed E-state index contributed by atoms with van der Waals surface area (Å²) in [6.45, 7) is 3.89. The number of aliphatic hydroxyl groups is 1. The van der Waals surface area contributed by atoms with Gasteiger partial charge in [0.1, 0.15) is 5.75 Å². The molecule has 244 valence electrons. The van der Waals surface area contributed by atoms with Gasteiger partial charge < -0.3 is 15.0 Å². The van der Waals surface area contributed by atoms with E-state index in [0.29, 0.717) is 23.4 Å². The fourth-order valence-electron chi connectivity index (χ4n) is 9.21.